The van der Waals surface area contributed by atoms with E-state index in [1.54, 1.807) is 18.7 Å². The molecule has 0 saturated carbocycles. The monoisotopic (exact) mass is 308 g/mol. The van der Waals surface area contributed by atoms with E-state index in [0.29, 0.717) is 29.7 Å². The van der Waals surface area contributed by atoms with Crippen LogP contribution in [0.2, 0.25) is 0 Å². The topological polar surface area (TPSA) is 71.1 Å². The van der Waals surface area contributed by atoms with Crippen LogP contribution in [0.4, 0.5) is 0 Å². The minimum absolute atomic E-state index is 0.354. The van der Waals surface area contributed by atoms with Gasteiger partial charge in [-0.3, -0.25) is 18.5 Å². The van der Waals surface area contributed by atoms with E-state index in [1.165, 1.54) is 18.0 Å². The maximum absolute atomic E-state index is 12.2. The first-order valence-corrected chi connectivity index (χ1v) is 7.59. The Hall–Kier alpha value is -2.05. The van der Waals surface area contributed by atoms with Crippen molar-refractivity contribution in [3.05, 3.63) is 20.8 Å². The fourth-order valence-electron chi connectivity index (χ4n) is 2.45. The van der Waals surface area contributed by atoms with E-state index in [1.807, 2.05) is 0 Å². The molecule has 0 spiro atoms. The Balaban J connectivity index is 2.24. The van der Waals surface area contributed by atoms with Crippen LogP contribution in [-0.2, 0) is 21.1 Å². The molecule has 0 unspecified atom stereocenters. The molecule has 122 valence electrons. The Morgan fingerprint density at radius 2 is 1.73 bits per heavy atom. The van der Waals surface area contributed by atoms with E-state index < -0.39 is 0 Å². The van der Waals surface area contributed by atoms with Gasteiger partial charge in [-0.1, -0.05) is 20.3 Å². The molecule has 7 nitrogen and oxygen atoms in total. The summed E-state index contributed by atoms with van der Waals surface area (Å²) in [6.07, 6.45) is 3.21. The molecule has 0 aromatic carbocycles. The number of rotatable bonds is 6. The summed E-state index contributed by atoms with van der Waals surface area (Å²) in [5, 5.41) is 0. The highest BCUT2D eigenvalue weighted by Gasteiger charge is 2.17. The smallest absolute Gasteiger partial charge is 0.332 e. The average Bonchev–Trinajstić information content (AvgIpc) is 2.79. The van der Waals surface area contributed by atoms with Crippen molar-refractivity contribution in [2.45, 2.75) is 33.1 Å². The van der Waals surface area contributed by atoms with Crippen molar-refractivity contribution in [1.82, 2.24) is 18.7 Å². The molecule has 0 bridgehead atoms. The third kappa shape index (κ3) is 2.93. The normalized spacial score (nSPS) is 11.5. The van der Waals surface area contributed by atoms with Crippen LogP contribution in [-0.4, -0.2) is 25.3 Å². The molecule has 0 radical (unpaired) electrons. The van der Waals surface area contributed by atoms with Crippen molar-refractivity contribution in [2.24, 2.45) is 27.1 Å². The van der Waals surface area contributed by atoms with Crippen molar-refractivity contribution in [3.63, 3.8) is 0 Å². The Kier molecular flexibility index (Phi) is 4.73. The first-order valence-electron chi connectivity index (χ1n) is 7.59. The molecule has 22 heavy (non-hydrogen) atoms. The number of aryl methyl sites for hydroxylation is 2. The summed E-state index contributed by atoms with van der Waals surface area (Å²) in [4.78, 5) is 28.4. The van der Waals surface area contributed by atoms with Crippen molar-refractivity contribution in [1.29, 1.82) is 0 Å². The lowest BCUT2D eigenvalue weighted by atomic mass is 10.1. The zero-order valence-electron chi connectivity index (χ0n) is 13.9. The summed E-state index contributed by atoms with van der Waals surface area (Å²) in [6.45, 7) is 4.95. The minimum Gasteiger partial charge on any atom is -0.465 e. The average molecular weight is 308 g/mol. The van der Waals surface area contributed by atoms with Crippen LogP contribution in [0, 0.1) is 5.92 Å². The van der Waals surface area contributed by atoms with Gasteiger partial charge in [-0.2, -0.15) is 4.98 Å². The molecule has 0 aliphatic carbocycles. The molecular weight excluding hydrogens is 284 g/mol. The van der Waals surface area contributed by atoms with Crippen LogP contribution in [0.25, 0.3) is 11.2 Å². The lowest BCUT2D eigenvalue weighted by molar-refractivity contribution is 0.272. The van der Waals surface area contributed by atoms with Gasteiger partial charge in [0.1, 0.15) is 0 Å². The predicted molar refractivity (Wildman–Crippen MR) is 85.4 cm³/mol. The molecule has 0 N–H and O–H groups in total. The summed E-state index contributed by atoms with van der Waals surface area (Å²) in [7, 11) is 4.79. The summed E-state index contributed by atoms with van der Waals surface area (Å²) in [6, 6.07) is 0.373. The van der Waals surface area contributed by atoms with E-state index in [9.17, 15) is 9.59 Å². The zero-order chi connectivity index (χ0) is 16.4. The molecule has 2 aromatic heterocycles. The second-order valence-electron chi connectivity index (χ2n) is 6.07. The fourth-order valence-corrected chi connectivity index (χ4v) is 2.45. The Morgan fingerprint density at radius 1 is 1.05 bits per heavy atom. The van der Waals surface area contributed by atoms with Gasteiger partial charge in [0.05, 0.1) is 6.61 Å². The summed E-state index contributed by atoms with van der Waals surface area (Å²) >= 11 is 0. The predicted octanol–water partition coefficient (Wildman–Crippen LogP) is 1.18. The van der Waals surface area contributed by atoms with Gasteiger partial charge < -0.3 is 4.74 Å². The number of hydrogen-bond acceptors (Lipinski definition) is 4. The lowest BCUT2D eigenvalue weighted by Gasteiger charge is -2.06. The molecule has 0 fully saturated rings. The molecule has 0 atom stereocenters. The highest BCUT2D eigenvalue weighted by Crippen LogP contribution is 2.16. The van der Waals surface area contributed by atoms with Crippen molar-refractivity contribution >= 4 is 11.2 Å². The van der Waals surface area contributed by atoms with Crippen LogP contribution in [0.3, 0.4) is 0 Å². The second kappa shape index (κ2) is 6.37. The molecule has 2 heterocycles. The molecular formula is C15H24N4O3. The fraction of sp³-hybridized carbons (Fsp3) is 0.667. The largest absolute Gasteiger partial charge is 0.465 e. The van der Waals surface area contributed by atoms with E-state index in [4.69, 9.17) is 4.74 Å². The first-order chi connectivity index (χ1) is 10.3. The molecule has 2 aromatic rings. The standard InChI is InChI=1S/C15H24N4O3/c1-10(2)8-6-7-9-22-14-16-12-11(17(14)3)13(20)19(5)15(21)18(12)4/h10H,6-9H2,1-5H3. The maximum Gasteiger partial charge on any atom is 0.332 e. The van der Waals surface area contributed by atoms with Gasteiger partial charge in [0.25, 0.3) is 11.6 Å². The summed E-state index contributed by atoms with van der Waals surface area (Å²) in [5.74, 6) is 0.688. The van der Waals surface area contributed by atoms with E-state index in [-0.39, 0.29) is 11.2 Å². The van der Waals surface area contributed by atoms with Crippen LogP contribution in [0.15, 0.2) is 9.59 Å². The van der Waals surface area contributed by atoms with E-state index in [2.05, 4.69) is 18.8 Å². The Morgan fingerprint density at radius 3 is 2.36 bits per heavy atom. The molecule has 0 amide bonds. The first kappa shape index (κ1) is 16.3. The number of unbranched alkanes of at least 4 members (excludes halogenated alkanes) is 1. The highest BCUT2D eigenvalue weighted by molar-refractivity contribution is 5.71. The summed E-state index contributed by atoms with van der Waals surface area (Å²) in [5.41, 5.74) is -0.0172. The lowest BCUT2D eigenvalue weighted by Crippen LogP contribution is -2.37. The maximum atomic E-state index is 12.2. The van der Waals surface area contributed by atoms with Crippen LogP contribution >= 0.6 is 0 Å². The highest BCUT2D eigenvalue weighted by atomic mass is 16.5. The Labute approximate surface area is 129 Å². The molecule has 0 saturated heterocycles. The van der Waals surface area contributed by atoms with Gasteiger partial charge in [-0.05, 0) is 18.8 Å². The number of aromatic nitrogens is 4. The second-order valence-corrected chi connectivity index (χ2v) is 6.07. The van der Waals surface area contributed by atoms with Gasteiger partial charge >= 0.3 is 5.69 Å². The number of fused-ring (bicyclic) bond motifs is 1. The third-order valence-corrected chi connectivity index (χ3v) is 3.84. The minimum atomic E-state index is -0.390. The third-order valence-electron chi connectivity index (χ3n) is 3.84. The van der Waals surface area contributed by atoms with E-state index in [0.717, 1.165) is 17.4 Å². The zero-order valence-corrected chi connectivity index (χ0v) is 13.9. The van der Waals surface area contributed by atoms with Gasteiger partial charge in [0, 0.05) is 21.1 Å². The number of hydrogen-bond donors (Lipinski definition) is 0. The van der Waals surface area contributed by atoms with Gasteiger partial charge in [-0.25, -0.2) is 4.79 Å². The van der Waals surface area contributed by atoms with Crippen LogP contribution in [0.5, 0.6) is 6.01 Å². The van der Waals surface area contributed by atoms with Crippen LogP contribution in [0.1, 0.15) is 33.1 Å². The Bertz CT molecular complexity index is 783. The quantitative estimate of drug-likeness (QED) is 0.751. The molecule has 0 aliphatic rings. The summed E-state index contributed by atoms with van der Waals surface area (Å²) < 4.78 is 9.74. The molecule has 7 heteroatoms. The van der Waals surface area contributed by atoms with Crippen molar-refractivity contribution < 1.29 is 4.74 Å². The van der Waals surface area contributed by atoms with E-state index >= 15 is 0 Å². The van der Waals surface area contributed by atoms with Gasteiger partial charge in [-0.15, -0.1) is 0 Å². The van der Waals surface area contributed by atoms with Gasteiger partial charge in [0.15, 0.2) is 11.2 Å². The molecule has 2 rings (SSSR count). The van der Waals surface area contributed by atoms with Crippen molar-refractivity contribution in [3.8, 4) is 6.01 Å². The SMILES string of the molecule is CC(C)CCCCOc1nc2c(c(=O)n(C)c(=O)n2C)n1C. The van der Waals surface area contributed by atoms with Crippen LogP contribution < -0.4 is 16.0 Å². The number of nitrogens with zero attached hydrogens (tertiary/aromatic N) is 4. The number of ether oxygens (including phenoxy) is 1. The van der Waals surface area contributed by atoms with Gasteiger partial charge in [0.2, 0.25) is 0 Å². The molecule has 0 aliphatic heterocycles. The number of imidazole rings is 1. The van der Waals surface area contributed by atoms with Crippen molar-refractivity contribution in [2.75, 3.05) is 6.61 Å².